The van der Waals surface area contributed by atoms with Gasteiger partial charge < -0.3 is 10.2 Å². The maximum absolute atomic E-state index is 12.7. The molecule has 2 saturated heterocycles. The summed E-state index contributed by atoms with van der Waals surface area (Å²) in [5.74, 6) is 0. The minimum absolute atomic E-state index is 0.000202. The molecule has 2 heterocycles. The molecule has 0 aromatic heterocycles. The van der Waals surface area contributed by atoms with Crippen LogP contribution in [0, 0.1) is 0 Å². The summed E-state index contributed by atoms with van der Waals surface area (Å²) in [4.78, 5) is 17.0. The summed E-state index contributed by atoms with van der Waals surface area (Å²) < 4.78 is 0. The molecule has 2 aromatic rings. The molecule has 6 nitrogen and oxygen atoms in total. The highest BCUT2D eigenvalue weighted by molar-refractivity contribution is 5.90. The fourth-order valence-corrected chi connectivity index (χ4v) is 4.06. The Kier molecular flexibility index (Phi) is 5.90. The number of hydrogen-bond donors (Lipinski definition) is 3. The first kappa shape index (κ1) is 18.9. The number of hydrazine groups is 1. The van der Waals surface area contributed by atoms with Crippen LogP contribution < -0.4 is 16.2 Å². The summed E-state index contributed by atoms with van der Waals surface area (Å²) in [6, 6.07) is 18.9. The second-order valence-electron chi connectivity index (χ2n) is 7.47. The van der Waals surface area contributed by atoms with Crippen molar-refractivity contribution in [1.29, 1.82) is 0 Å². The van der Waals surface area contributed by atoms with Crippen molar-refractivity contribution >= 4 is 11.7 Å². The largest absolute Gasteiger partial charge is 0.322 e. The van der Waals surface area contributed by atoms with Crippen molar-refractivity contribution in [2.24, 2.45) is 0 Å². The van der Waals surface area contributed by atoms with Gasteiger partial charge in [0.15, 0.2) is 0 Å². The van der Waals surface area contributed by atoms with Crippen molar-refractivity contribution in [2.75, 3.05) is 31.5 Å². The van der Waals surface area contributed by atoms with Crippen LogP contribution in [0.5, 0.6) is 0 Å². The average Bonchev–Trinajstić information content (AvgIpc) is 3.25. The van der Waals surface area contributed by atoms with Crippen molar-refractivity contribution in [3.05, 3.63) is 65.7 Å². The molecule has 2 aliphatic rings. The SMILES string of the molecule is CCc1ccccc1NC(=O)N1CCN(C2CC(c3ccccc3)NN2)CC1. The number of hydrogen-bond acceptors (Lipinski definition) is 4. The summed E-state index contributed by atoms with van der Waals surface area (Å²) in [5.41, 5.74) is 10.2. The van der Waals surface area contributed by atoms with E-state index in [0.717, 1.165) is 44.7 Å². The van der Waals surface area contributed by atoms with Gasteiger partial charge in [0, 0.05) is 37.9 Å². The molecule has 0 radical (unpaired) electrons. The third-order valence-electron chi connectivity index (χ3n) is 5.77. The Morgan fingerprint density at radius 1 is 1.00 bits per heavy atom. The monoisotopic (exact) mass is 379 g/mol. The predicted molar refractivity (Wildman–Crippen MR) is 112 cm³/mol. The van der Waals surface area contributed by atoms with E-state index < -0.39 is 0 Å². The second kappa shape index (κ2) is 8.73. The first-order valence-corrected chi connectivity index (χ1v) is 10.2. The third-order valence-corrected chi connectivity index (χ3v) is 5.77. The number of nitrogens with zero attached hydrogens (tertiary/aromatic N) is 2. The van der Waals surface area contributed by atoms with Crippen molar-refractivity contribution < 1.29 is 4.79 Å². The van der Waals surface area contributed by atoms with Crippen LogP contribution in [0.25, 0.3) is 0 Å². The molecular weight excluding hydrogens is 350 g/mol. The van der Waals surface area contributed by atoms with Gasteiger partial charge in [0.1, 0.15) is 0 Å². The van der Waals surface area contributed by atoms with E-state index in [1.165, 1.54) is 11.1 Å². The van der Waals surface area contributed by atoms with E-state index in [2.05, 4.69) is 58.3 Å². The number of para-hydroxylation sites is 1. The molecular formula is C22H29N5O. The normalized spacial score (nSPS) is 23.0. The van der Waals surface area contributed by atoms with Crippen LogP contribution in [0.3, 0.4) is 0 Å². The zero-order valence-corrected chi connectivity index (χ0v) is 16.4. The molecule has 0 aliphatic carbocycles. The minimum Gasteiger partial charge on any atom is -0.322 e. The lowest BCUT2D eigenvalue weighted by atomic mass is 10.0. The molecule has 2 aromatic carbocycles. The Balaban J connectivity index is 1.28. The molecule has 148 valence electrons. The Hall–Kier alpha value is -2.41. The number of amides is 2. The molecule has 28 heavy (non-hydrogen) atoms. The Labute approximate surface area is 166 Å². The van der Waals surface area contributed by atoms with Crippen LogP contribution in [0.4, 0.5) is 10.5 Å². The van der Waals surface area contributed by atoms with Crippen molar-refractivity contribution in [3.8, 4) is 0 Å². The summed E-state index contributed by atoms with van der Waals surface area (Å²) in [5, 5.41) is 3.08. The number of nitrogens with one attached hydrogen (secondary N) is 3. The van der Waals surface area contributed by atoms with Gasteiger partial charge in [-0.3, -0.25) is 4.90 Å². The van der Waals surface area contributed by atoms with Gasteiger partial charge in [0.2, 0.25) is 0 Å². The van der Waals surface area contributed by atoms with E-state index in [4.69, 9.17) is 0 Å². The van der Waals surface area contributed by atoms with Gasteiger partial charge in [0.05, 0.1) is 6.17 Å². The maximum Gasteiger partial charge on any atom is 0.321 e. The van der Waals surface area contributed by atoms with Crippen molar-refractivity contribution in [2.45, 2.75) is 32.0 Å². The fraction of sp³-hybridized carbons (Fsp3) is 0.409. The Morgan fingerprint density at radius 2 is 1.71 bits per heavy atom. The molecule has 4 rings (SSSR count). The first-order valence-electron chi connectivity index (χ1n) is 10.2. The van der Waals surface area contributed by atoms with Crippen LogP contribution >= 0.6 is 0 Å². The molecule has 3 N–H and O–H groups in total. The number of aryl methyl sites for hydroxylation is 1. The van der Waals surface area contributed by atoms with E-state index in [1.54, 1.807) is 0 Å². The van der Waals surface area contributed by atoms with Crippen LogP contribution in [0.1, 0.15) is 30.5 Å². The molecule has 0 spiro atoms. The highest BCUT2D eigenvalue weighted by Gasteiger charge is 2.32. The van der Waals surface area contributed by atoms with Crippen molar-refractivity contribution in [3.63, 3.8) is 0 Å². The first-order chi connectivity index (χ1) is 13.7. The molecule has 0 saturated carbocycles. The van der Waals surface area contributed by atoms with Crippen LogP contribution in [-0.2, 0) is 6.42 Å². The molecule has 2 unspecified atom stereocenters. The standard InChI is InChI=1S/C22H29N5O/c1-2-17-8-6-7-11-19(17)23-22(28)27-14-12-26(13-15-27)21-16-20(24-25-21)18-9-4-3-5-10-18/h3-11,20-21,24-25H,2,12-16H2,1H3,(H,23,28). The average molecular weight is 380 g/mol. The smallest absolute Gasteiger partial charge is 0.321 e. The summed E-state index contributed by atoms with van der Waals surface area (Å²) in [7, 11) is 0. The number of carbonyl (C=O) groups is 1. The lowest BCUT2D eigenvalue weighted by Crippen LogP contribution is -2.55. The minimum atomic E-state index is 0.000202. The molecule has 2 amide bonds. The lowest BCUT2D eigenvalue weighted by molar-refractivity contribution is 0.103. The quantitative estimate of drug-likeness (QED) is 0.764. The van der Waals surface area contributed by atoms with Gasteiger partial charge in [-0.15, -0.1) is 0 Å². The molecule has 2 fully saturated rings. The Morgan fingerprint density at radius 3 is 2.46 bits per heavy atom. The van der Waals surface area contributed by atoms with Gasteiger partial charge in [-0.2, -0.15) is 0 Å². The van der Waals surface area contributed by atoms with E-state index in [9.17, 15) is 4.79 Å². The third kappa shape index (κ3) is 4.19. The van der Waals surface area contributed by atoms with E-state index >= 15 is 0 Å². The topological polar surface area (TPSA) is 59.6 Å². The van der Waals surface area contributed by atoms with Crippen LogP contribution in [0.2, 0.25) is 0 Å². The molecule has 6 heteroatoms. The number of benzene rings is 2. The zero-order valence-electron chi connectivity index (χ0n) is 16.4. The summed E-state index contributed by atoms with van der Waals surface area (Å²) in [6.07, 6.45) is 2.24. The van der Waals surface area contributed by atoms with Crippen molar-refractivity contribution in [1.82, 2.24) is 20.7 Å². The lowest BCUT2D eigenvalue weighted by Gasteiger charge is -2.37. The highest BCUT2D eigenvalue weighted by Crippen LogP contribution is 2.24. The summed E-state index contributed by atoms with van der Waals surface area (Å²) >= 11 is 0. The van der Waals surface area contributed by atoms with Gasteiger partial charge in [-0.25, -0.2) is 15.6 Å². The number of urea groups is 1. The number of anilines is 1. The molecule has 2 atom stereocenters. The maximum atomic E-state index is 12.7. The molecule has 2 aliphatic heterocycles. The van der Waals surface area contributed by atoms with Gasteiger partial charge in [-0.05, 0) is 30.0 Å². The fourth-order valence-electron chi connectivity index (χ4n) is 4.06. The van der Waals surface area contributed by atoms with Gasteiger partial charge in [-0.1, -0.05) is 55.5 Å². The van der Waals surface area contributed by atoms with Crippen LogP contribution in [0.15, 0.2) is 54.6 Å². The highest BCUT2D eigenvalue weighted by atomic mass is 16.2. The van der Waals surface area contributed by atoms with Gasteiger partial charge >= 0.3 is 6.03 Å². The zero-order chi connectivity index (χ0) is 19.3. The predicted octanol–water partition coefficient (Wildman–Crippen LogP) is 2.96. The van der Waals surface area contributed by atoms with E-state index in [0.29, 0.717) is 12.2 Å². The molecule has 0 bridgehead atoms. The summed E-state index contributed by atoms with van der Waals surface area (Å²) in [6.45, 7) is 5.35. The number of carbonyl (C=O) groups excluding carboxylic acids is 1. The Bertz CT molecular complexity index is 789. The van der Waals surface area contributed by atoms with Crippen LogP contribution in [-0.4, -0.2) is 48.2 Å². The number of piperazine rings is 1. The van der Waals surface area contributed by atoms with E-state index in [-0.39, 0.29) is 6.03 Å². The number of rotatable bonds is 4. The van der Waals surface area contributed by atoms with Gasteiger partial charge in [0.25, 0.3) is 0 Å². The second-order valence-corrected chi connectivity index (χ2v) is 7.47. The van der Waals surface area contributed by atoms with E-state index in [1.807, 2.05) is 29.2 Å².